The van der Waals surface area contributed by atoms with E-state index in [1.165, 1.54) is 52.6 Å². The van der Waals surface area contributed by atoms with Crippen LogP contribution in [-0.4, -0.2) is 39.5 Å². The second kappa shape index (κ2) is 10.4. The van der Waals surface area contributed by atoms with Crippen LogP contribution in [0, 0.1) is 12.8 Å². The average molecular weight is 505 g/mol. The monoisotopic (exact) mass is 504 g/mol. The van der Waals surface area contributed by atoms with Crippen molar-refractivity contribution >= 4 is 51.3 Å². The molecule has 0 radical (unpaired) electrons. The summed E-state index contributed by atoms with van der Waals surface area (Å²) in [6, 6.07) is 1.73. The number of fused-ring (bicyclic) bond motifs is 1. The fraction of sp³-hybridized carbons (Fsp3) is 0.478. The highest BCUT2D eigenvalue weighted by atomic mass is 32.2. The van der Waals surface area contributed by atoms with Crippen LogP contribution in [0.2, 0.25) is 0 Å². The molecule has 1 aliphatic rings. The van der Waals surface area contributed by atoms with Gasteiger partial charge < -0.3 is 14.6 Å². The average Bonchev–Trinajstić information content (AvgIpc) is 3.48. The molecule has 1 atom stereocenters. The van der Waals surface area contributed by atoms with E-state index in [0.717, 1.165) is 47.6 Å². The minimum Gasteiger partial charge on any atom is -0.465 e. The summed E-state index contributed by atoms with van der Waals surface area (Å²) in [6.07, 6.45) is 4.38. The third kappa shape index (κ3) is 5.17. The van der Waals surface area contributed by atoms with Gasteiger partial charge in [0.15, 0.2) is 11.0 Å². The van der Waals surface area contributed by atoms with Crippen LogP contribution in [0.4, 0.5) is 5.00 Å². The van der Waals surface area contributed by atoms with E-state index in [2.05, 4.69) is 39.3 Å². The van der Waals surface area contributed by atoms with Crippen LogP contribution in [-0.2, 0) is 28.9 Å². The highest BCUT2D eigenvalue weighted by Gasteiger charge is 2.25. The standard InChI is InChI=1S/C23H28N4O3S3/c1-5-8-27-20(17-11-31-18-9-13(2)6-7-15(17)18)25-26-23(27)32-12-19(28)24-21-16(22(29)30-4)10-14(3)33-21/h10-11,13H,5-9,12H2,1-4H3,(H,24,28). The van der Waals surface area contributed by atoms with Crippen LogP contribution in [0.25, 0.3) is 11.4 Å². The van der Waals surface area contributed by atoms with Gasteiger partial charge in [-0.1, -0.05) is 25.6 Å². The molecule has 0 aromatic carbocycles. The van der Waals surface area contributed by atoms with Gasteiger partial charge in [0, 0.05) is 27.2 Å². The van der Waals surface area contributed by atoms with Crippen molar-refractivity contribution in [1.82, 2.24) is 14.8 Å². The van der Waals surface area contributed by atoms with Crippen molar-refractivity contribution < 1.29 is 14.3 Å². The van der Waals surface area contributed by atoms with Gasteiger partial charge in [0.25, 0.3) is 0 Å². The lowest BCUT2D eigenvalue weighted by atomic mass is 9.88. The summed E-state index contributed by atoms with van der Waals surface area (Å²) >= 11 is 4.55. The molecule has 1 N–H and O–H groups in total. The highest BCUT2D eigenvalue weighted by Crippen LogP contribution is 2.38. The molecular formula is C23H28N4O3S3. The zero-order chi connectivity index (χ0) is 23.5. The Morgan fingerprint density at radius 2 is 2.18 bits per heavy atom. The number of nitrogens with one attached hydrogen (secondary N) is 1. The highest BCUT2D eigenvalue weighted by molar-refractivity contribution is 7.99. The first kappa shape index (κ1) is 24.0. The van der Waals surface area contributed by atoms with Crippen molar-refractivity contribution in [3.8, 4) is 11.4 Å². The van der Waals surface area contributed by atoms with Gasteiger partial charge in [-0.3, -0.25) is 4.79 Å². The zero-order valence-corrected chi connectivity index (χ0v) is 21.7. The predicted octanol–water partition coefficient (Wildman–Crippen LogP) is 5.43. The summed E-state index contributed by atoms with van der Waals surface area (Å²) < 4.78 is 6.95. The van der Waals surface area contributed by atoms with Gasteiger partial charge >= 0.3 is 5.97 Å². The maximum Gasteiger partial charge on any atom is 0.340 e. The van der Waals surface area contributed by atoms with Crippen molar-refractivity contribution in [2.75, 3.05) is 18.2 Å². The number of hydrogen-bond acceptors (Lipinski definition) is 8. The van der Waals surface area contributed by atoms with Gasteiger partial charge in [-0.05, 0) is 50.2 Å². The number of aromatic nitrogens is 3. The Labute approximate surface area is 206 Å². The SMILES string of the molecule is CCCn1c(SCC(=O)Nc2sc(C)cc2C(=O)OC)nnc1-c1csc2c1CCC(C)C2. The maximum absolute atomic E-state index is 12.7. The van der Waals surface area contributed by atoms with E-state index in [0.29, 0.717) is 10.6 Å². The first-order valence-electron chi connectivity index (χ1n) is 11.0. The number of amides is 1. The predicted molar refractivity (Wildman–Crippen MR) is 135 cm³/mol. The Kier molecular flexibility index (Phi) is 7.55. The number of rotatable bonds is 8. The van der Waals surface area contributed by atoms with Crippen LogP contribution < -0.4 is 5.32 Å². The number of carbonyl (C=O) groups is 2. The molecule has 3 heterocycles. The molecule has 176 valence electrons. The molecule has 3 aromatic rings. The topological polar surface area (TPSA) is 86.1 Å². The first-order chi connectivity index (χ1) is 15.9. The lowest BCUT2D eigenvalue weighted by Gasteiger charge is -2.19. The second-order valence-corrected chi connectivity index (χ2v) is 11.4. The number of hydrogen-bond donors (Lipinski definition) is 1. The van der Waals surface area contributed by atoms with Crippen LogP contribution in [0.15, 0.2) is 16.6 Å². The molecule has 1 unspecified atom stereocenters. The molecule has 3 aromatic heterocycles. The summed E-state index contributed by atoms with van der Waals surface area (Å²) in [5.74, 6) is 1.16. The smallest absolute Gasteiger partial charge is 0.340 e. The number of methoxy groups -OCH3 is 1. The number of esters is 1. The molecule has 0 saturated heterocycles. The lowest BCUT2D eigenvalue weighted by Crippen LogP contribution is -2.16. The number of ether oxygens (including phenoxy) is 1. The Balaban J connectivity index is 1.49. The molecule has 1 amide bonds. The summed E-state index contributed by atoms with van der Waals surface area (Å²) in [6.45, 7) is 7.13. The number of carbonyl (C=O) groups excluding carboxylic acids is 2. The zero-order valence-electron chi connectivity index (χ0n) is 19.3. The van der Waals surface area contributed by atoms with E-state index < -0.39 is 5.97 Å². The minimum atomic E-state index is -0.455. The number of nitrogens with zero attached hydrogens (tertiary/aromatic N) is 3. The Bertz CT molecular complexity index is 1160. The summed E-state index contributed by atoms with van der Waals surface area (Å²) in [7, 11) is 1.33. The normalized spacial score (nSPS) is 15.3. The van der Waals surface area contributed by atoms with Gasteiger partial charge in [0.1, 0.15) is 5.00 Å². The van der Waals surface area contributed by atoms with Gasteiger partial charge in [0.2, 0.25) is 5.91 Å². The molecule has 0 fully saturated rings. The van der Waals surface area contributed by atoms with Crippen molar-refractivity contribution in [2.45, 2.75) is 58.2 Å². The Morgan fingerprint density at radius 1 is 1.36 bits per heavy atom. The van der Waals surface area contributed by atoms with E-state index in [9.17, 15) is 9.59 Å². The van der Waals surface area contributed by atoms with Crippen molar-refractivity contribution in [3.63, 3.8) is 0 Å². The molecule has 7 nitrogen and oxygen atoms in total. The quantitative estimate of drug-likeness (QED) is 0.325. The second-order valence-electron chi connectivity index (χ2n) is 8.29. The maximum atomic E-state index is 12.7. The van der Waals surface area contributed by atoms with E-state index >= 15 is 0 Å². The van der Waals surface area contributed by atoms with E-state index in [1.54, 1.807) is 6.07 Å². The van der Waals surface area contributed by atoms with E-state index in [4.69, 9.17) is 4.74 Å². The summed E-state index contributed by atoms with van der Waals surface area (Å²) in [5.41, 5.74) is 2.99. The number of thioether (sulfide) groups is 1. The van der Waals surface area contributed by atoms with Crippen LogP contribution in [0.5, 0.6) is 0 Å². The van der Waals surface area contributed by atoms with Crippen molar-refractivity contribution in [3.05, 3.63) is 32.3 Å². The molecule has 1 aliphatic carbocycles. The van der Waals surface area contributed by atoms with Crippen LogP contribution >= 0.6 is 34.4 Å². The van der Waals surface area contributed by atoms with Crippen LogP contribution in [0.3, 0.4) is 0 Å². The lowest BCUT2D eigenvalue weighted by molar-refractivity contribution is -0.113. The molecule has 0 saturated carbocycles. The van der Waals surface area contributed by atoms with Crippen molar-refractivity contribution in [1.29, 1.82) is 0 Å². The molecule has 0 bridgehead atoms. The van der Waals surface area contributed by atoms with E-state index in [1.807, 2.05) is 18.3 Å². The largest absolute Gasteiger partial charge is 0.465 e. The third-order valence-electron chi connectivity index (χ3n) is 5.65. The van der Waals surface area contributed by atoms with Gasteiger partial charge in [-0.25, -0.2) is 4.79 Å². The third-order valence-corrected chi connectivity index (χ3v) is 8.64. The van der Waals surface area contributed by atoms with Crippen LogP contribution in [0.1, 0.15) is 52.4 Å². The number of aryl methyl sites for hydroxylation is 1. The molecule has 33 heavy (non-hydrogen) atoms. The fourth-order valence-corrected chi connectivity index (χ4v) is 6.97. The molecule has 0 aliphatic heterocycles. The first-order valence-corrected chi connectivity index (χ1v) is 13.7. The van der Waals surface area contributed by atoms with Gasteiger partial charge in [-0.15, -0.1) is 32.9 Å². The molecular weight excluding hydrogens is 476 g/mol. The Morgan fingerprint density at radius 3 is 2.94 bits per heavy atom. The van der Waals surface area contributed by atoms with Crippen molar-refractivity contribution in [2.24, 2.45) is 5.92 Å². The summed E-state index contributed by atoms with van der Waals surface area (Å²) in [5, 5.41) is 15.3. The minimum absolute atomic E-state index is 0.179. The van der Waals surface area contributed by atoms with Gasteiger partial charge in [-0.2, -0.15) is 0 Å². The van der Waals surface area contributed by atoms with Gasteiger partial charge in [0.05, 0.1) is 18.4 Å². The molecule has 0 spiro atoms. The molecule has 4 rings (SSSR count). The number of thiophene rings is 2. The Hall–Kier alpha value is -2.17. The van der Waals surface area contributed by atoms with E-state index in [-0.39, 0.29) is 11.7 Å². The molecule has 10 heteroatoms. The summed E-state index contributed by atoms with van der Waals surface area (Å²) in [4.78, 5) is 27.0. The fourth-order valence-electron chi connectivity index (χ4n) is 4.05. The number of anilines is 1.